The molecule has 0 amide bonds. The molecule has 1 N–H and O–H groups in total. The summed E-state index contributed by atoms with van der Waals surface area (Å²) in [5.41, 5.74) is 1.55. The summed E-state index contributed by atoms with van der Waals surface area (Å²) < 4.78 is 17.5. The van der Waals surface area contributed by atoms with Gasteiger partial charge in [0.15, 0.2) is 6.10 Å². The maximum absolute atomic E-state index is 12.7. The summed E-state index contributed by atoms with van der Waals surface area (Å²) in [6.45, 7) is 3.32. The van der Waals surface area contributed by atoms with Crippen LogP contribution in [0, 0.1) is 0 Å². The van der Waals surface area contributed by atoms with Crippen molar-refractivity contribution in [3.8, 4) is 0 Å². The number of aromatic amines is 1. The molecule has 0 unspecified atom stereocenters. The molecule has 0 spiro atoms. The monoisotopic (exact) mass is 369 g/mol. The summed E-state index contributed by atoms with van der Waals surface area (Å²) in [6.07, 6.45) is 0.669. The zero-order valence-electron chi connectivity index (χ0n) is 14.5. The molecule has 0 aliphatic carbocycles. The molecule has 26 heavy (non-hydrogen) atoms. The van der Waals surface area contributed by atoms with Crippen molar-refractivity contribution in [2.45, 2.75) is 24.8 Å². The number of carbonyl (C=O) groups is 2. The molecular formula is C20H19NO4S. The Hall–Kier alpha value is -2.73. The predicted molar refractivity (Wildman–Crippen MR) is 101 cm³/mol. The lowest BCUT2D eigenvalue weighted by atomic mass is 10.1. The lowest BCUT2D eigenvalue weighted by Gasteiger charge is -2.13. The summed E-state index contributed by atoms with van der Waals surface area (Å²) >= 11 is 0. The summed E-state index contributed by atoms with van der Waals surface area (Å²) in [4.78, 5) is 28.7. The zero-order chi connectivity index (χ0) is 18.7. The molecule has 0 aliphatic rings. The number of rotatable bonds is 6. The van der Waals surface area contributed by atoms with Gasteiger partial charge in [0, 0.05) is 28.4 Å². The Morgan fingerprint density at radius 3 is 2.54 bits per heavy atom. The first-order valence-corrected chi connectivity index (χ1v) is 9.63. The molecule has 6 heteroatoms. The average molecular weight is 369 g/mol. The van der Waals surface area contributed by atoms with Gasteiger partial charge in [0.2, 0.25) is 5.78 Å². The van der Waals surface area contributed by atoms with E-state index in [0.717, 1.165) is 10.9 Å². The van der Waals surface area contributed by atoms with Gasteiger partial charge < -0.3 is 9.72 Å². The van der Waals surface area contributed by atoms with Crippen LogP contribution in [0.3, 0.4) is 0 Å². The molecule has 2 atom stereocenters. The molecule has 0 saturated carbocycles. The number of hydrogen-bond acceptors (Lipinski definition) is 4. The second-order valence-electron chi connectivity index (χ2n) is 5.79. The van der Waals surface area contributed by atoms with Gasteiger partial charge >= 0.3 is 5.97 Å². The molecule has 3 aromatic rings. The van der Waals surface area contributed by atoms with Gasteiger partial charge in [-0.25, -0.2) is 4.79 Å². The van der Waals surface area contributed by atoms with Crippen LogP contribution in [0.5, 0.6) is 0 Å². The van der Waals surface area contributed by atoms with E-state index in [2.05, 4.69) is 4.98 Å². The fraction of sp³-hybridized carbons (Fsp3) is 0.200. The van der Waals surface area contributed by atoms with Crippen LogP contribution in [0.2, 0.25) is 0 Å². The highest BCUT2D eigenvalue weighted by Gasteiger charge is 2.24. The number of Topliss-reactive ketones (excluding diaryl/α,β-unsaturated/α-hetero) is 1. The Morgan fingerprint density at radius 2 is 1.77 bits per heavy atom. The summed E-state index contributed by atoms with van der Waals surface area (Å²) in [6, 6.07) is 14.0. The van der Waals surface area contributed by atoms with Gasteiger partial charge in [-0.1, -0.05) is 37.3 Å². The third-order valence-electron chi connectivity index (χ3n) is 4.12. The normalized spacial score (nSPS) is 13.3. The maximum atomic E-state index is 12.7. The third kappa shape index (κ3) is 3.46. The highest BCUT2D eigenvalue weighted by atomic mass is 32.2. The number of benzene rings is 2. The molecule has 1 heterocycles. The number of fused-ring (bicyclic) bond motifs is 1. The Morgan fingerprint density at radius 1 is 1.08 bits per heavy atom. The second kappa shape index (κ2) is 7.66. The van der Waals surface area contributed by atoms with Gasteiger partial charge in [0.05, 0.1) is 21.3 Å². The Kier molecular flexibility index (Phi) is 5.32. The predicted octanol–water partition coefficient (Wildman–Crippen LogP) is 3.72. The SMILES string of the molecule is CC[S@@](=O)c1ccccc1C(=O)O[C@H](C)C(=O)c1c[nH]c2ccccc12. The minimum atomic E-state index is -1.29. The largest absolute Gasteiger partial charge is 0.451 e. The van der Waals surface area contributed by atoms with Gasteiger partial charge in [-0.3, -0.25) is 9.00 Å². The highest BCUT2D eigenvalue weighted by Crippen LogP contribution is 2.21. The average Bonchev–Trinajstić information content (AvgIpc) is 3.10. The zero-order valence-corrected chi connectivity index (χ0v) is 15.3. The molecule has 0 radical (unpaired) electrons. The molecule has 3 rings (SSSR count). The van der Waals surface area contributed by atoms with Crippen LogP contribution in [0.25, 0.3) is 10.9 Å². The molecule has 0 fully saturated rings. The van der Waals surface area contributed by atoms with E-state index in [0.29, 0.717) is 16.2 Å². The van der Waals surface area contributed by atoms with Crippen molar-refractivity contribution in [2.24, 2.45) is 0 Å². The molecule has 0 bridgehead atoms. The molecular weight excluding hydrogens is 350 g/mol. The Balaban J connectivity index is 1.82. The number of nitrogens with one attached hydrogen (secondary N) is 1. The third-order valence-corrected chi connectivity index (χ3v) is 5.49. The van der Waals surface area contributed by atoms with Crippen molar-refractivity contribution < 1.29 is 18.5 Å². The molecule has 134 valence electrons. The van der Waals surface area contributed by atoms with Crippen molar-refractivity contribution in [3.63, 3.8) is 0 Å². The number of aromatic nitrogens is 1. The first kappa shape index (κ1) is 18.1. The van der Waals surface area contributed by atoms with Crippen LogP contribution in [-0.4, -0.2) is 32.8 Å². The number of hydrogen-bond donors (Lipinski definition) is 1. The molecule has 5 nitrogen and oxygen atoms in total. The van der Waals surface area contributed by atoms with Gasteiger partial charge in [0.1, 0.15) is 0 Å². The number of ketones is 1. The topological polar surface area (TPSA) is 76.2 Å². The fourth-order valence-electron chi connectivity index (χ4n) is 2.76. The smallest absolute Gasteiger partial charge is 0.340 e. The van der Waals surface area contributed by atoms with Crippen LogP contribution >= 0.6 is 0 Å². The van der Waals surface area contributed by atoms with Crippen molar-refractivity contribution >= 4 is 33.5 Å². The molecule has 0 aliphatic heterocycles. The molecule has 2 aromatic carbocycles. The van der Waals surface area contributed by atoms with E-state index in [1.807, 2.05) is 24.3 Å². The number of para-hydroxylation sites is 1. The first-order chi connectivity index (χ1) is 12.5. The van der Waals surface area contributed by atoms with Gasteiger partial charge in [-0.05, 0) is 25.1 Å². The quantitative estimate of drug-likeness (QED) is 0.531. The van der Waals surface area contributed by atoms with E-state index < -0.39 is 22.9 Å². The van der Waals surface area contributed by atoms with Crippen molar-refractivity contribution in [1.29, 1.82) is 0 Å². The number of esters is 1. The first-order valence-electron chi connectivity index (χ1n) is 8.31. The van der Waals surface area contributed by atoms with Crippen LogP contribution in [0.15, 0.2) is 59.6 Å². The minimum Gasteiger partial charge on any atom is -0.451 e. The van der Waals surface area contributed by atoms with Gasteiger partial charge in [0.25, 0.3) is 0 Å². The van der Waals surface area contributed by atoms with Crippen molar-refractivity contribution in [3.05, 3.63) is 65.9 Å². The van der Waals surface area contributed by atoms with E-state index >= 15 is 0 Å². The lowest BCUT2D eigenvalue weighted by Crippen LogP contribution is -2.25. The highest BCUT2D eigenvalue weighted by molar-refractivity contribution is 7.85. The maximum Gasteiger partial charge on any atom is 0.340 e. The summed E-state index contributed by atoms with van der Waals surface area (Å²) in [5, 5.41) is 0.785. The van der Waals surface area contributed by atoms with Crippen molar-refractivity contribution in [2.75, 3.05) is 5.75 Å². The standard InChI is InChI=1S/C20H19NO4S/c1-3-26(24)18-11-7-5-9-15(18)20(23)25-13(2)19(22)16-12-21-17-10-6-4-8-14(16)17/h4-13,21H,3H2,1-2H3/t13-,26-/m1/s1. The second-order valence-corrected chi connectivity index (χ2v) is 7.50. The summed E-state index contributed by atoms with van der Waals surface area (Å²) in [5.74, 6) is -0.540. The van der Waals surface area contributed by atoms with E-state index in [1.165, 1.54) is 0 Å². The number of H-pyrrole nitrogens is 1. The molecule has 1 aromatic heterocycles. The van der Waals surface area contributed by atoms with E-state index in [9.17, 15) is 13.8 Å². The van der Waals surface area contributed by atoms with Gasteiger partial charge in [-0.2, -0.15) is 0 Å². The van der Waals surface area contributed by atoms with Crippen LogP contribution in [-0.2, 0) is 15.5 Å². The van der Waals surface area contributed by atoms with Crippen LogP contribution < -0.4 is 0 Å². The van der Waals surface area contributed by atoms with Crippen LogP contribution in [0.4, 0.5) is 0 Å². The van der Waals surface area contributed by atoms with E-state index in [4.69, 9.17) is 4.74 Å². The fourth-order valence-corrected chi connectivity index (χ4v) is 3.70. The van der Waals surface area contributed by atoms with Crippen LogP contribution in [0.1, 0.15) is 34.6 Å². The van der Waals surface area contributed by atoms with E-state index in [1.54, 1.807) is 44.3 Å². The van der Waals surface area contributed by atoms with Gasteiger partial charge in [-0.15, -0.1) is 0 Å². The lowest BCUT2D eigenvalue weighted by molar-refractivity contribution is 0.0316. The Labute approximate surface area is 153 Å². The van der Waals surface area contributed by atoms with Crippen molar-refractivity contribution in [1.82, 2.24) is 4.98 Å². The summed E-state index contributed by atoms with van der Waals surface area (Å²) in [7, 11) is -1.29. The minimum absolute atomic E-state index is 0.228. The number of carbonyl (C=O) groups excluding carboxylic acids is 2. The Bertz CT molecular complexity index is 992. The van der Waals surface area contributed by atoms with E-state index in [-0.39, 0.29) is 11.3 Å². The molecule has 0 saturated heterocycles. The number of ether oxygens (including phenoxy) is 1.